The Kier molecular flexibility index (Phi) is 2.98. The minimum Gasteiger partial charge on any atom is -0.507 e. The standard InChI is InChI=1S/C21H16O2/c1-13-16(14-5-3-2-4-6-14)8-7-15-11-18-19(12-17(13)15)21(23)10-9-20(18)22/h2-12,22-23H,1H3. The van der Waals surface area contributed by atoms with Crippen LogP contribution in [0.3, 0.4) is 0 Å². The molecule has 0 atom stereocenters. The molecule has 4 rings (SSSR count). The van der Waals surface area contributed by atoms with Gasteiger partial charge in [-0.1, -0.05) is 42.5 Å². The Morgan fingerprint density at radius 1 is 0.652 bits per heavy atom. The van der Waals surface area contributed by atoms with Gasteiger partial charge in [-0.25, -0.2) is 0 Å². The normalized spacial score (nSPS) is 11.2. The molecule has 2 N–H and O–H groups in total. The van der Waals surface area contributed by atoms with Crippen LogP contribution in [0.4, 0.5) is 0 Å². The van der Waals surface area contributed by atoms with Gasteiger partial charge in [0.05, 0.1) is 0 Å². The van der Waals surface area contributed by atoms with Crippen molar-refractivity contribution in [3.8, 4) is 22.6 Å². The largest absolute Gasteiger partial charge is 0.507 e. The molecule has 0 radical (unpaired) electrons. The van der Waals surface area contributed by atoms with E-state index >= 15 is 0 Å². The fourth-order valence-electron chi connectivity index (χ4n) is 3.21. The lowest BCUT2D eigenvalue weighted by Crippen LogP contribution is -1.87. The molecule has 112 valence electrons. The molecule has 4 aromatic carbocycles. The van der Waals surface area contributed by atoms with Crippen LogP contribution in [0.15, 0.2) is 66.7 Å². The zero-order valence-corrected chi connectivity index (χ0v) is 12.7. The zero-order chi connectivity index (χ0) is 16.0. The lowest BCUT2D eigenvalue weighted by atomic mass is 9.93. The van der Waals surface area contributed by atoms with Crippen LogP contribution in [0.25, 0.3) is 32.7 Å². The van der Waals surface area contributed by atoms with Gasteiger partial charge in [-0.05, 0) is 58.7 Å². The fourth-order valence-corrected chi connectivity index (χ4v) is 3.21. The number of aromatic hydroxyl groups is 2. The first kappa shape index (κ1) is 13.6. The average Bonchev–Trinajstić information content (AvgIpc) is 2.59. The highest BCUT2D eigenvalue weighted by Crippen LogP contribution is 2.37. The van der Waals surface area contributed by atoms with Crippen LogP contribution < -0.4 is 0 Å². The second-order valence-corrected chi connectivity index (χ2v) is 5.83. The fraction of sp³-hybridized carbons (Fsp3) is 0.0476. The number of fused-ring (bicyclic) bond motifs is 2. The summed E-state index contributed by atoms with van der Waals surface area (Å²) in [6, 6.07) is 21.4. The first-order valence-electron chi connectivity index (χ1n) is 7.58. The third-order valence-corrected chi connectivity index (χ3v) is 4.46. The summed E-state index contributed by atoms with van der Waals surface area (Å²) < 4.78 is 0. The number of aryl methyl sites for hydroxylation is 1. The Bertz CT molecular complexity index is 1030. The minimum atomic E-state index is 0.184. The van der Waals surface area contributed by atoms with Gasteiger partial charge < -0.3 is 10.2 Å². The van der Waals surface area contributed by atoms with E-state index in [4.69, 9.17) is 0 Å². The molecule has 0 unspecified atom stereocenters. The van der Waals surface area contributed by atoms with E-state index < -0.39 is 0 Å². The molecule has 0 aliphatic rings. The molecule has 0 saturated carbocycles. The van der Waals surface area contributed by atoms with Crippen LogP contribution in [0.5, 0.6) is 11.5 Å². The predicted molar refractivity (Wildman–Crippen MR) is 95.0 cm³/mol. The average molecular weight is 300 g/mol. The number of benzene rings is 4. The van der Waals surface area contributed by atoms with Gasteiger partial charge in [0.2, 0.25) is 0 Å². The molecule has 0 saturated heterocycles. The van der Waals surface area contributed by atoms with Crippen molar-refractivity contribution in [2.24, 2.45) is 0 Å². The molecule has 2 nitrogen and oxygen atoms in total. The van der Waals surface area contributed by atoms with Crippen LogP contribution in [0.1, 0.15) is 5.56 Å². The summed E-state index contributed by atoms with van der Waals surface area (Å²) in [5.74, 6) is 0.369. The van der Waals surface area contributed by atoms with E-state index in [9.17, 15) is 10.2 Å². The molecular weight excluding hydrogens is 284 g/mol. The highest BCUT2D eigenvalue weighted by atomic mass is 16.3. The molecule has 23 heavy (non-hydrogen) atoms. The van der Waals surface area contributed by atoms with Crippen LogP contribution in [0, 0.1) is 6.92 Å². The van der Waals surface area contributed by atoms with E-state index in [0.717, 1.165) is 10.8 Å². The van der Waals surface area contributed by atoms with Gasteiger partial charge in [0, 0.05) is 10.8 Å². The summed E-state index contributed by atoms with van der Waals surface area (Å²) in [6.07, 6.45) is 0. The minimum absolute atomic E-state index is 0.184. The summed E-state index contributed by atoms with van der Waals surface area (Å²) >= 11 is 0. The van der Waals surface area contributed by atoms with Crippen molar-refractivity contribution in [3.05, 3.63) is 72.3 Å². The molecule has 0 heterocycles. The van der Waals surface area contributed by atoms with Crippen molar-refractivity contribution >= 4 is 21.5 Å². The third-order valence-electron chi connectivity index (χ3n) is 4.46. The number of hydrogen-bond donors (Lipinski definition) is 2. The lowest BCUT2D eigenvalue weighted by molar-refractivity contribution is 0.469. The molecule has 0 aliphatic carbocycles. The summed E-state index contributed by atoms with van der Waals surface area (Å²) in [5, 5.41) is 23.6. The van der Waals surface area contributed by atoms with Crippen LogP contribution >= 0.6 is 0 Å². The maximum Gasteiger partial charge on any atom is 0.123 e. The highest BCUT2D eigenvalue weighted by molar-refractivity contribution is 6.05. The Hall–Kier alpha value is -3.00. The molecular formula is C21H16O2. The Morgan fingerprint density at radius 2 is 1.30 bits per heavy atom. The molecule has 4 aromatic rings. The third kappa shape index (κ3) is 2.11. The summed E-state index contributed by atoms with van der Waals surface area (Å²) in [4.78, 5) is 0. The molecule has 0 fully saturated rings. The molecule has 2 heteroatoms. The monoisotopic (exact) mass is 300 g/mol. The van der Waals surface area contributed by atoms with Crippen molar-refractivity contribution in [1.29, 1.82) is 0 Å². The van der Waals surface area contributed by atoms with Gasteiger partial charge in [0.1, 0.15) is 11.5 Å². The smallest absolute Gasteiger partial charge is 0.123 e. The molecule has 0 aliphatic heterocycles. The molecule has 0 spiro atoms. The summed E-state index contributed by atoms with van der Waals surface area (Å²) in [5.41, 5.74) is 3.52. The Labute approximate surface area is 134 Å². The van der Waals surface area contributed by atoms with E-state index in [1.54, 1.807) is 0 Å². The number of rotatable bonds is 1. The second-order valence-electron chi connectivity index (χ2n) is 5.83. The van der Waals surface area contributed by atoms with E-state index in [1.807, 2.05) is 30.3 Å². The second kappa shape index (κ2) is 5.03. The van der Waals surface area contributed by atoms with E-state index in [1.165, 1.54) is 28.8 Å². The maximum absolute atomic E-state index is 10.1. The van der Waals surface area contributed by atoms with Gasteiger partial charge >= 0.3 is 0 Å². The van der Waals surface area contributed by atoms with Crippen molar-refractivity contribution in [2.75, 3.05) is 0 Å². The van der Waals surface area contributed by atoms with Gasteiger partial charge in [-0.15, -0.1) is 0 Å². The van der Waals surface area contributed by atoms with E-state index in [2.05, 4.69) is 31.2 Å². The van der Waals surface area contributed by atoms with Crippen LogP contribution in [-0.2, 0) is 0 Å². The first-order valence-corrected chi connectivity index (χ1v) is 7.58. The summed E-state index contributed by atoms with van der Waals surface area (Å²) in [7, 11) is 0. The predicted octanol–water partition coefficient (Wildman–Crippen LogP) is 5.38. The zero-order valence-electron chi connectivity index (χ0n) is 12.7. The number of phenols is 2. The van der Waals surface area contributed by atoms with Crippen molar-refractivity contribution < 1.29 is 10.2 Å². The molecule has 0 bridgehead atoms. The molecule has 0 aromatic heterocycles. The van der Waals surface area contributed by atoms with Crippen LogP contribution in [-0.4, -0.2) is 10.2 Å². The number of hydrogen-bond acceptors (Lipinski definition) is 2. The van der Waals surface area contributed by atoms with Gasteiger partial charge in [0.25, 0.3) is 0 Å². The Morgan fingerprint density at radius 3 is 2.00 bits per heavy atom. The van der Waals surface area contributed by atoms with Gasteiger partial charge in [-0.2, -0.15) is 0 Å². The van der Waals surface area contributed by atoms with E-state index in [-0.39, 0.29) is 11.5 Å². The maximum atomic E-state index is 10.1. The van der Waals surface area contributed by atoms with Gasteiger partial charge in [-0.3, -0.25) is 0 Å². The molecule has 0 amide bonds. The van der Waals surface area contributed by atoms with Gasteiger partial charge in [0.15, 0.2) is 0 Å². The first-order chi connectivity index (χ1) is 11.1. The van der Waals surface area contributed by atoms with E-state index in [0.29, 0.717) is 10.8 Å². The topological polar surface area (TPSA) is 40.5 Å². The number of phenolic OH excluding ortho intramolecular Hbond substituents is 2. The van der Waals surface area contributed by atoms with Crippen molar-refractivity contribution in [2.45, 2.75) is 6.92 Å². The summed E-state index contributed by atoms with van der Waals surface area (Å²) in [6.45, 7) is 2.09. The highest BCUT2D eigenvalue weighted by Gasteiger charge is 2.10. The van der Waals surface area contributed by atoms with Crippen molar-refractivity contribution in [3.63, 3.8) is 0 Å². The quantitative estimate of drug-likeness (QED) is 0.366. The lowest BCUT2D eigenvalue weighted by Gasteiger charge is -2.12. The Balaban J connectivity index is 2.07. The van der Waals surface area contributed by atoms with Crippen LogP contribution in [0.2, 0.25) is 0 Å². The van der Waals surface area contributed by atoms with Crippen molar-refractivity contribution in [1.82, 2.24) is 0 Å². The SMILES string of the molecule is Cc1c(-c2ccccc2)ccc2cc3c(O)ccc(O)c3cc12.